The van der Waals surface area contributed by atoms with Crippen LogP contribution in [0.4, 0.5) is 11.5 Å². The lowest BCUT2D eigenvalue weighted by Crippen LogP contribution is -2.12. The van der Waals surface area contributed by atoms with Crippen LogP contribution in [0.1, 0.15) is 27.0 Å². The molecule has 2 aromatic carbocycles. The van der Waals surface area contributed by atoms with Crippen LogP contribution in [0.2, 0.25) is 0 Å². The summed E-state index contributed by atoms with van der Waals surface area (Å²) in [4.78, 5) is 16.5. The van der Waals surface area contributed by atoms with E-state index in [1.54, 1.807) is 12.3 Å². The van der Waals surface area contributed by atoms with E-state index >= 15 is 0 Å². The first-order valence-corrected chi connectivity index (χ1v) is 8.24. The van der Waals surface area contributed by atoms with Crippen molar-refractivity contribution in [2.75, 3.05) is 10.6 Å². The van der Waals surface area contributed by atoms with Gasteiger partial charge in [0.15, 0.2) is 0 Å². The van der Waals surface area contributed by atoms with Crippen LogP contribution in [0.5, 0.6) is 0 Å². The highest BCUT2D eigenvalue weighted by atomic mass is 16.1. The van der Waals surface area contributed by atoms with Crippen LogP contribution in [0.15, 0.2) is 66.9 Å². The van der Waals surface area contributed by atoms with Crippen LogP contribution in [0.25, 0.3) is 0 Å². The van der Waals surface area contributed by atoms with Crippen molar-refractivity contribution >= 4 is 17.4 Å². The Morgan fingerprint density at radius 3 is 2.12 bits per heavy atom. The Kier molecular flexibility index (Phi) is 5.09. The van der Waals surface area contributed by atoms with Gasteiger partial charge in [0.25, 0.3) is 5.91 Å². The summed E-state index contributed by atoms with van der Waals surface area (Å²) in [5, 5.41) is 6.13. The minimum atomic E-state index is -0.159. The number of hydrogen-bond donors (Lipinski definition) is 2. The van der Waals surface area contributed by atoms with Gasteiger partial charge in [0, 0.05) is 12.1 Å². The van der Waals surface area contributed by atoms with Gasteiger partial charge in [-0.15, -0.1) is 0 Å². The van der Waals surface area contributed by atoms with E-state index in [0.29, 0.717) is 11.4 Å². The monoisotopic (exact) mass is 331 g/mol. The van der Waals surface area contributed by atoms with Gasteiger partial charge < -0.3 is 10.6 Å². The second-order valence-corrected chi connectivity index (χ2v) is 6.09. The molecule has 4 nitrogen and oxygen atoms in total. The van der Waals surface area contributed by atoms with E-state index in [2.05, 4.69) is 46.8 Å². The summed E-state index contributed by atoms with van der Waals surface area (Å²) in [7, 11) is 0. The molecule has 2 N–H and O–H groups in total. The number of anilines is 2. The number of aromatic nitrogens is 1. The Morgan fingerprint density at radius 2 is 1.52 bits per heavy atom. The van der Waals surface area contributed by atoms with Gasteiger partial charge in [-0.1, -0.05) is 47.5 Å². The van der Waals surface area contributed by atoms with Crippen molar-refractivity contribution in [2.24, 2.45) is 0 Å². The van der Waals surface area contributed by atoms with Crippen LogP contribution in [0.3, 0.4) is 0 Å². The molecule has 1 heterocycles. The average Bonchev–Trinajstić information content (AvgIpc) is 2.63. The Morgan fingerprint density at radius 1 is 0.880 bits per heavy atom. The zero-order chi connectivity index (χ0) is 17.6. The third-order valence-corrected chi connectivity index (χ3v) is 3.94. The topological polar surface area (TPSA) is 54.0 Å². The molecule has 4 heteroatoms. The Balaban J connectivity index is 1.57. The highest BCUT2D eigenvalue weighted by molar-refractivity contribution is 6.03. The van der Waals surface area contributed by atoms with Crippen molar-refractivity contribution < 1.29 is 4.79 Å². The van der Waals surface area contributed by atoms with E-state index in [0.717, 1.165) is 17.8 Å². The van der Waals surface area contributed by atoms with E-state index in [1.165, 1.54) is 11.1 Å². The maximum absolute atomic E-state index is 12.2. The van der Waals surface area contributed by atoms with Crippen molar-refractivity contribution in [3.63, 3.8) is 0 Å². The van der Waals surface area contributed by atoms with Gasteiger partial charge in [-0.25, -0.2) is 4.98 Å². The number of rotatable bonds is 5. The van der Waals surface area contributed by atoms with Crippen molar-refractivity contribution in [2.45, 2.75) is 20.4 Å². The number of hydrogen-bond acceptors (Lipinski definition) is 3. The standard InChI is InChI=1S/C21H21N3O/c1-15-3-7-17(8-4-15)13-22-19-11-12-20(23-14-19)24-21(25)18-9-5-16(2)6-10-18/h3-12,14,22H,13H2,1-2H3,(H,23,24,25). The van der Waals surface area contributed by atoms with E-state index in [4.69, 9.17) is 0 Å². The number of amides is 1. The lowest BCUT2D eigenvalue weighted by Gasteiger charge is -2.08. The molecule has 25 heavy (non-hydrogen) atoms. The second kappa shape index (κ2) is 7.62. The van der Waals surface area contributed by atoms with Crippen LogP contribution in [-0.4, -0.2) is 10.9 Å². The highest BCUT2D eigenvalue weighted by Gasteiger charge is 2.06. The fourth-order valence-electron chi connectivity index (χ4n) is 2.38. The SMILES string of the molecule is Cc1ccc(CNc2ccc(NC(=O)c3ccc(C)cc3)nc2)cc1. The molecule has 0 atom stereocenters. The first kappa shape index (κ1) is 16.7. The minimum Gasteiger partial charge on any atom is -0.380 e. The van der Waals surface area contributed by atoms with Gasteiger partial charge >= 0.3 is 0 Å². The number of nitrogens with one attached hydrogen (secondary N) is 2. The molecule has 1 aromatic heterocycles. The van der Waals surface area contributed by atoms with E-state index in [9.17, 15) is 4.79 Å². The highest BCUT2D eigenvalue weighted by Crippen LogP contribution is 2.13. The van der Waals surface area contributed by atoms with Crippen molar-refractivity contribution in [3.8, 4) is 0 Å². The van der Waals surface area contributed by atoms with Crippen LogP contribution in [0, 0.1) is 13.8 Å². The summed E-state index contributed by atoms with van der Waals surface area (Å²) in [6.07, 6.45) is 1.72. The number of pyridine rings is 1. The summed E-state index contributed by atoms with van der Waals surface area (Å²) in [6, 6.07) is 19.6. The molecule has 0 fully saturated rings. The molecule has 0 saturated carbocycles. The fraction of sp³-hybridized carbons (Fsp3) is 0.143. The van der Waals surface area contributed by atoms with Crippen molar-refractivity contribution in [1.82, 2.24) is 4.98 Å². The smallest absolute Gasteiger partial charge is 0.256 e. The van der Waals surface area contributed by atoms with Gasteiger partial charge in [-0.3, -0.25) is 4.79 Å². The molecule has 1 amide bonds. The summed E-state index contributed by atoms with van der Waals surface area (Å²) in [5.41, 5.74) is 5.11. The molecular weight excluding hydrogens is 310 g/mol. The lowest BCUT2D eigenvalue weighted by molar-refractivity contribution is 0.102. The third kappa shape index (κ3) is 4.67. The zero-order valence-electron chi connectivity index (χ0n) is 14.4. The Hall–Kier alpha value is -3.14. The molecule has 0 unspecified atom stereocenters. The van der Waals surface area contributed by atoms with E-state index < -0.39 is 0 Å². The fourth-order valence-corrected chi connectivity index (χ4v) is 2.38. The molecule has 0 saturated heterocycles. The minimum absolute atomic E-state index is 0.159. The van der Waals surface area contributed by atoms with Gasteiger partial charge in [-0.05, 0) is 43.7 Å². The molecule has 0 radical (unpaired) electrons. The normalized spacial score (nSPS) is 10.3. The lowest BCUT2D eigenvalue weighted by atomic mass is 10.1. The Bertz CT molecular complexity index is 838. The number of carbonyl (C=O) groups excluding carboxylic acids is 1. The average molecular weight is 331 g/mol. The van der Waals surface area contributed by atoms with Crippen LogP contribution in [-0.2, 0) is 6.54 Å². The molecule has 126 valence electrons. The van der Waals surface area contributed by atoms with E-state index in [-0.39, 0.29) is 5.91 Å². The maximum Gasteiger partial charge on any atom is 0.256 e. The van der Waals surface area contributed by atoms with Gasteiger partial charge in [0.2, 0.25) is 0 Å². The summed E-state index contributed by atoms with van der Waals surface area (Å²) >= 11 is 0. The Labute approximate surface area is 147 Å². The molecule has 3 aromatic rings. The molecule has 0 bridgehead atoms. The van der Waals surface area contributed by atoms with Crippen molar-refractivity contribution in [1.29, 1.82) is 0 Å². The quantitative estimate of drug-likeness (QED) is 0.720. The number of aryl methyl sites for hydroxylation is 2. The number of nitrogens with zero attached hydrogens (tertiary/aromatic N) is 1. The summed E-state index contributed by atoms with van der Waals surface area (Å²) < 4.78 is 0. The first-order chi connectivity index (χ1) is 12.1. The predicted molar refractivity (Wildman–Crippen MR) is 102 cm³/mol. The maximum atomic E-state index is 12.2. The van der Waals surface area contributed by atoms with E-state index in [1.807, 2.05) is 37.3 Å². The zero-order valence-corrected chi connectivity index (χ0v) is 14.4. The van der Waals surface area contributed by atoms with Gasteiger partial charge in [0.1, 0.15) is 5.82 Å². The van der Waals surface area contributed by atoms with Crippen molar-refractivity contribution in [3.05, 3.63) is 89.1 Å². The molecule has 0 aliphatic rings. The second-order valence-electron chi connectivity index (χ2n) is 6.09. The van der Waals surface area contributed by atoms with Gasteiger partial charge in [0.05, 0.1) is 11.9 Å². The molecular formula is C21H21N3O. The predicted octanol–water partition coefficient (Wildman–Crippen LogP) is 4.56. The third-order valence-electron chi connectivity index (χ3n) is 3.94. The van der Waals surface area contributed by atoms with Crippen LogP contribution >= 0.6 is 0 Å². The molecule has 0 spiro atoms. The molecule has 0 aliphatic carbocycles. The van der Waals surface area contributed by atoms with Gasteiger partial charge in [-0.2, -0.15) is 0 Å². The largest absolute Gasteiger partial charge is 0.380 e. The van der Waals surface area contributed by atoms with Crippen LogP contribution < -0.4 is 10.6 Å². The number of benzene rings is 2. The molecule has 3 rings (SSSR count). The summed E-state index contributed by atoms with van der Waals surface area (Å²) in [6.45, 7) is 4.80. The molecule has 0 aliphatic heterocycles. The first-order valence-electron chi connectivity index (χ1n) is 8.24. The number of carbonyl (C=O) groups is 1. The summed E-state index contributed by atoms with van der Waals surface area (Å²) in [5.74, 6) is 0.374.